The van der Waals surface area contributed by atoms with Crippen LogP contribution in [0.2, 0.25) is 0 Å². The van der Waals surface area contributed by atoms with Crippen LogP contribution in [-0.4, -0.2) is 41.0 Å². The predicted molar refractivity (Wildman–Crippen MR) is 76.2 cm³/mol. The molecule has 2 heterocycles. The standard InChI is InChI=1S/C11H18N4O2S2/c1-8-9(7-13-14-8)19(16,17)15-5-3-11(2,4-6-15)10(12)18/h7H,3-6H2,1-2H3,(H2,12,18)(H,13,14). The SMILES string of the molecule is Cc1[nH]ncc1S(=O)(=O)N1CCC(C)(C(N)=S)CC1. The number of H-pyrrole nitrogens is 1. The summed E-state index contributed by atoms with van der Waals surface area (Å²) in [5.74, 6) is 0. The highest BCUT2D eigenvalue weighted by atomic mass is 32.2. The third-order valence-corrected chi connectivity index (χ3v) is 6.33. The molecule has 0 radical (unpaired) electrons. The summed E-state index contributed by atoms with van der Waals surface area (Å²) in [6, 6.07) is 0. The van der Waals surface area contributed by atoms with E-state index < -0.39 is 10.0 Å². The summed E-state index contributed by atoms with van der Waals surface area (Å²) in [7, 11) is -3.47. The van der Waals surface area contributed by atoms with Gasteiger partial charge >= 0.3 is 0 Å². The molecule has 0 aromatic carbocycles. The number of thiocarbonyl (C=S) groups is 1. The Balaban J connectivity index is 2.19. The highest BCUT2D eigenvalue weighted by Crippen LogP contribution is 2.33. The van der Waals surface area contributed by atoms with Gasteiger partial charge in [0.15, 0.2) is 0 Å². The first kappa shape index (κ1) is 14.4. The molecular weight excluding hydrogens is 284 g/mol. The number of piperidine rings is 1. The number of sulfonamides is 1. The maximum absolute atomic E-state index is 12.5. The van der Waals surface area contributed by atoms with Gasteiger partial charge in [0.25, 0.3) is 0 Å². The van der Waals surface area contributed by atoms with Crippen LogP contribution in [0.25, 0.3) is 0 Å². The van der Waals surface area contributed by atoms with Crippen molar-refractivity contribution in [3.05, 3.63) is 11.9 Å². The largest absolute Gasteiger partial charge is 0.393 e. The summed E-state index contributed by atoms with van der Waals surface area (Å²) < 4.78 is 26.4. The predicted octanol–water partition coefficient (Wildman–Crippen LogP) is 0.795. The fourth-order valence-electron chi connectivity index (χ4n) is 2.21. The highest BCUT2D eigenvalue weighted by molar-refractivity contribution is 7.89. The number of hydrogen-bond donors (Lipinski definition) is 2. The van der Waals surface area contributed by atoms with E-state index in [2.05, 4.69) is 10.2 Å². The quantitative estimate of drug-likeness (QED) is 0.806. The van der Waals surface area contributed by atoms with Crippen LogP contribution in [0.4, 0.5) is 0 Å². The molecule has 1 fully saturated rings. The van der Waals surface area contributed by atoms with Crippen molar-refractivity contribution in [3.63, 3.8) is 0 Å². The van der Waals surface area contributed by atoms with E-state index in [9.17, 15) is 8.42 Å². The fourth-order valence-corrected chi connectivity index (χ4v) is 3.97. The molecule has 1 aromatic rings. The Morgan fingerprint density at radius 2 is 2.11 bits per heavy atom. The summed E-state index contributed by atoms with van der Waals surface area (Å²) in [5.41, 5.74) is 6.04. The van der Waals surface area contributed by atoms with Gasteiger partial charge in [-0.3, -0.25) is 5.10 Å². The van der Waals surface area contributed by atoms with E-state index in [1.54, 1.807) is 6.92 Å². The molecule has 2 rings (SSSR count). The van der Waals surface area contributed by atoms with Crippen LogP contribution >= 0.6 is 12.2 Å². The number of nitrogens with zero attached hydrogens (tertiary/aromatic N) is 2. The van der Waals surface area contributed by atoms with Crippen molar-refractivity contribution >= 4 is 27.2 Å². The molecule has 6 nitrogen and oxygen atoms in total. The lowest BCUT2D eigenvalue weighted by molar-refractivity contribution is 0.244. The third-order valence-electron chi connectivity index (χ3n) is 3.82. The van der Waals surface area contributed by atoms with E-state index in [0.717, 1.165) is 0 Å². The molecule has 19 heavy (non-hydrogen) atoms. The number of hydrogen-bond acceptors (Lipinski definition) is 4. The molecule has 0 aliphatic carbocycles. The third kappa shape index (κ3) is 2.52. The average molecular weight is 302 g/mol. The second-order valence-electron chi connectivity index (χ2n) is 5.19. The molecule has 8 heteroatoms. The maximum atomic E-state index is 12.5. The molecule has 1 aromatic heterocycles. The van der Waals surface area contributed by atoms with E-state index in [1.165, 1.54) is 10.5 Å². The first-order valence-electron chi connectivity index (χ1n) is 6.07. The van der Waals surface area contributed by atoms with Crippen LogP contribution in [0.1, 0.15) is 25.5 Å². The van der Waals surface area contributed by atoms with E-state index in [-0.39, 0.29) is 10.3 Å². The molecular formula is C11H18N4O2S2. The Morgan fingerprint density at radius 1 is 1.53 bits per heavy atom. The minimum atomic E-state index is -3.47. The molecule has 1 aliphatic heterocycles. The highest BCUT2D eigenvalue weighted by Gasteiger charge is 2.37. The molecule has 0 atom stereocenters. The van der Waals surface area contributed by atoms with Crippen molar-refractivity contribution in [1.82, 2.24) is 14.5 Å². The molecule has 0 amide bonds. The fraction of sp³-hybridized carbons (Fsp3) is 0.636. The summed E-state index contributed by atoms with van der Waals surface area (Å²) in [6.07, 6.45) is 2.66. The summed E-state index contributed by atoms with van der Waals surface area (Å²) in [6.45, 7) is 4.55. The van der Waals surface area contributed by atoms with E-state index >= 15 is 0 Å². The molecule has 1 saturated heterocycles. The molecule has 3 N–H and O–H groups in total. The van der Waals surface area contributed by atoms with Gasteiger partial charge in [-0.25, -0.2) is 8.42 Å². The number of aromatic nitrogens is 2. The Morgan fingerprint density at radius 3 is 2.53 bits per heavy atom. The van der Waals surface area contributed by atoms with Gasteiger partial charge < -0.3 is 5.73 Å². The Labute approximate surface area is 118 Å². The minimum absolute atomic E-state index is 0.242. The zero-order chi connectivity index (χ0) is 14.3. The van der Waals surface area contributed by atoms with E-state index in [0.29, 0.717) is 36.6 Å². The Bertz CT molecular complexity index is 586. The van der Waals surface area contributed by atoms with Crippen LogP contribution in [0, 0.1) is 12.3 Å². The van der Waals surface area contributed by atoms with Crippen LogP contribution in [0.3, 0.4) is 0 Å². The number of nitrogens with two attached hydrogens (primary N) is 1. The molecule has 0 spiro atoms. The van der Waals surface area contributed by atoms with Crippen LogP contribution in [0.5, 0.6) is 0 Å². The summed E-state index contributed by atoms with van der Waals surface area (Å²) in [4.78, 5) is 0.704. The van der Waals surface area contributed by atoms with Crippen molar-refractivity contribution < 1.29 is 8.42 Å². The normalized spacial score (nSPS) is 20.3. The number of aryl methyl sites for hydroxylation is 1. The zero-order valence-corrected chi connectivity index (χ0v) is 12.6. The number of aromatic amines is 1. The van der Waals surface area contributed by atoms with Gasteiger partial charge in [-0.15, -0.1) is 0 Å². The first-order valence-corrected chi connectivity index (χ1v) is 7.92. The Kier molecular flexibility index (Phi) is 3.67. The van der Waals surface area contributed by atoms with E-state index in [1.807, 2.05) is 6.92 Å². The van der Waals surface area contributed by atoms with E-state index in [4.69, 9.17) is 18.0 Å². The molecule has 0 saturated carbocycles. The van der Waals surface area contributed by atoms with Crippen LogP contribution in [-0.2, 0) is 10.0 Å². The first-order chi connectivity index (χ1) is 8.77. The lowest BCUT2D eigenvalue weighted by atomic mass is 9.81. The number of nitrogens with one attached hydrogen (secondary N) is 1. The van der Waals surface area contributed by atoms with Gasteiger partial charge in [0.05, 0.1) is 16.9 Å². The molecule has 106 valence electrons. The average Bonchev–Trinajstić information content (AvgIpc) is 2.76. The molecule has 0 unspecified atom stereocenters. The smallest absolute Gasteiger partial charge is 0.246 e. The summed E-state index contributed by atoms with van der Waals surface area (Å²) >= 11 is 5.06. The number of rotatable bonds is 3. The van der Waals surface area contributed by atoms with Crippen molar-refractivity contribution in [2.45, 2.75) is 31.6 Å². The van der Waals surface area contributed by atoms with Crippen LogP contribution < -0.4 is 5.73 Å². The van der Waals surface area contributed by atoms with Crippen molar-refractivity contribution in [1.29, 1.82) is 0 Å². The zero-order valence-electron chi connectivity index (χ0n) is 11.0. The second kappa shape index (κ2) is 4.84. The van der Waals surface area contributed by atoms with Gasteiger partial charge in [0, 0.05) is 18.5 Å². The van der Waals surface area contributed by atoms with Gasteiger partial charge in [-0.05, 0) is 19.8 Å². The van der Waals surface area contributed by atoms with Crippen molar-refractivity contribution in [3.8, 4) is 0 Å². The lowest BCUT2D eigenvalue weighted by Crippen LogP contribution is -2.46. The topological polar surface area (TPSA) is 92.1 Å². The minimum Gasteiger partial charge on any atom is -0.393 e. The Hall–Kier alpha value is -0.990. The molecule has 1 aliphatic rings. The summed E-state index contributed by atoms with van der Waals surface area (Å²) in [5, 5.41) is 6.42. The van der Waals surface area contributed by atoms with Gasteiger partial charge in [0.1, 0.15) is 4.90 Å². The second-order valence-corrected chi connectivity index (χ2v) is 7.53. The van der Waals surface area contributed by atoms with Crippen LogP contribution in [0.15, 0.2) is 11.1 Å². The maximum Gasteiger partial charge on any atom is 0.246 e. The monoisotopic (exact) mass is 302 g/mol. The van der Waals surface area contributed by atoms with Gasteiger partial charge in [0.2, 0.25) is 10.0 Å². The van der Waals surface area contributed by atoms with Crippen molar-refractivity contribution in [2.24, 2.45) is 11.1 Å². The van der Waals surface area contributed by atoms with Gasteiger partial charge in [-0.1, -0.05) is 19.1 Å². The lowest BCUT2D eigenvalue weighted by Gasteiger charge is -2.37. The van der Waals surface area contributed by atoms with Gasteiger partial charge in [-0.2, -0.15) is 9.40 Å². The van der Waals surface area contributed by atoms with Crippen molar-refractivity contribution in [2.75, 3.05) is 13.1 Å². The molecule has 0 bridgehead atoms.